The zero-order valence-corrected chi connectivity index (χ0v) is 13.1. The predicted octanol–water partition coefficient (Wildman–Crippen LogP) is 4.63. The number of hydrogen-bond acceptors (Lipinski definition) is 1. The number of amides is 1. The Bertz CT molecular complexity index is 486. The summed E-state index contributed by atoms with van der Waals surface area (Å²) in [6.45, 7) is 5.72. The lowest BCUT2D eigenvalue weighted by Crippen LogP contribution is -2.38. The van der Waals surface area contributed by atoms with Crippen molar-refractivity contribution in [1.82, 2.24) is 5.32 Å². The minimum absolute atomic E-state index is 0.146. The van der Waals surface area contributed by atoms with E-state index < -0.39 is 17.6 Å². The fourth-order valence-electron chi connectivity index (χ4n) is 1.94. The van der Waals surface area contributed by atoms with Crippen molar-refractivity contribution >= 4 is 21.8 Å². The maximum absolute atomic E-state index is 13.0. The summed E-state index contributed by atoms with van der Waals surface area (Å²) >= 11 is 2.99. The van der Waals surface area contributed by atoms with E-state index in [0.717, 1.165) is 6.07 Å². The van der Waals surface area contributed by atoms with E-state index in [1.54, 1.807) is 0 Å². The second-order valence-corrected chi connectivity index (χ2v) is 5.84. The molecule has 0 heterocycles. The lowest BCUT2D eigenvalue weighted by molar-refractivity contribution is -0.138. The highest BCUT2D eigenvalue weighted by Gasteiger charge is 2.35. The molecular weight excluding hydrogens is 335 g/mol. The SMILES string of the molecule is CCC(NC(=O)c1ccc(Br)cc1C(F)(F)F)C(C)C. The molecule has 0 aliphatic rings. The molecule has 1 aromatic rings. The Morgan fingerprint density at radius 1 is 1.35 bits per heavy atom. The third-order valence-electron chi connectivity index (χ3n) is 3.09. The average molecular weight is 352 g/mol. The van der Waals surface area contributed by atoms with E-state index in [2.05, 4.69) is 21.2 Å². The third-order valence-corrected chi connectivity index (χ3v) is 3.59. The molecule has 0 aromatic heterocycles. The quantitative estimate of drug-likeness (QED) is 0.841. The summed E-state index contributed by atoms with van der Waals surface area (Å²) in [6.07, 6.45) is -3.89. The molecule has 1 unspecified atom stereocenters. The van der Waals surface area contributed by atoms with Crippen molar-refractivity contribution in [1.29, 1.82) is 0 Å². The molecule has 20 heavy (non-hydrogen) atoms. The average Bonchev–Trinajstić information content (AvgIpc) is 2.34. The van der Waals surface area contributed by atoms with Gasteiger partial charge >= 0.3 is 6.18 Å². The summed E-state index contributed by atoms with van der Waals surface area (Å²) in [7, 11) is 0. The predicted molar refractivity (Wildman–Crippen MR) is 75.5 cm³/mol. The van der Waals surface area contributed by atoms with E-state index >= 15 is 0 Å². The number of nitrogens with one attached hydrogen (secondary N) is 1. The molecule has 0 aliphatic heterocycles. The Morgan fingerprint density at radius 2 is 1.95 bits per heavy atom. The second-order valence-electron chi connectivity index (χ2n) is 4.92. The Labute approximate surface area is 124 Å². The van der Waals surface area contributed by atoms with E-state index in [1.165, 1.54) is 12.1 Å². The fourth-order valence-corrected chi connectivity index (χ4v) is 2.30. The first-order valence-corrected chi connectivity index (χ1v) is 7.13. The number of hydrogen-bond donors (Lipinski definition) is 1. The number of alkyl halides is 3. The molecular formula is C14H17BrF3NO. The van der Waals surface area contributed by atoms with Gasteiger partial charge in [0.25, 0.3) is 5.91 Å². The smallest absolute Gasteiger partial charge is 0.349 e. The van der Waals surface area contributed by atoms with Crippen LogP contribution in [0.1, 0.15) is 43.1 Å². The molecule has 0 bridgehead atoms. The Kier molecular flexibility index (Phi) is 5.62. The standard InChI is InChI=1S/C14H17BrF3NO/c1-4-12(8(2)3)19-13(20)10-6-5-9(15)7-11(10)14(16,17)18/h5-8,12H,4H2,1-3H3,(H,19,20). The lowest BCUT2D eigenvalue weighted by atomic mass is 10.00. The van der Waals surface area contributed by atoms with Crippen molar-refractivity contribution < 1.29 is 18.0 Å². The van der Waals surface area contributed by atoms with Gasteiger partial charge in [0.05, 0.1) is 11.1 Å². The molecule has 1 amide bonds. The van der Waals surface area contributed by atoms with E-state index in [0.29, 0.717) is 6.42 Å². The van der Waals surface area contributed by atoms with Crippen LogP contribution in [-0.2, 0) is 6.18 Å². The zero-order valence-electron chi connectivity index (χ0n) is 11.5. The second kappa shape index (κ2) is 6.61. The van der Waals surface area contributed by atoms with Gasteiger partial charge in [-0.3, -0.25) is 4.79 Å². The van der Waals surface area contributed by atoms with Crippen LogP contribution in [0.4, 0.5) is 13.2 Å². The summed E-state index contributed by atoms with van der Waals surface area (Å²) < 4.78 is 39.2. The number of rotatable bonds is 4. The van der Waals surface area contributed by atoms with Crippen LogP contribution in [0.15, 0.2) is 22.7 Å². The summed E-state index contributed by atoms with van der Waals surface area (Å²) in [6, 6.07) is 3.40. The van der Waals surface area contributed by atoms with Crippen molar-refractivity contribution in [2.24, 2.45) is 5.92 Å². The van der Waals surface area contributed by atoms with Crippen molar-refractivity contribution in [3.63, 3.8) is 0 Å². The fraction of sp³-hybridized carbons (Fsp3) is 0.500. The van der Waals surface area contributed by atoms with E-state index in [4.69, 9.17) is 0 Å². The van der Waals surface area contributed by atoms with Crippen molar-refractivity contribution in [2.45, 2.75) is 39.4 Å². The topological polar surface area (TPSA) is 29.1 Å². The van der Waals surface area contributed by atoms with Gasteiger partial charge in [-0.15, -0.1) is 0 Å². The van der Waals surface area contributed by atoms with E-state index in [1.807, 2.05) is 20.8 Å². The van der Waals surface area contributed by atoms with Crippen molar-refractivity contribution in [2.75, 3.05) is 0 Å². The van der Waals surface area contributed by atoms with Crippen LogP contribution in [0.25, 0.3) is 0 Å². The van der Waals surface area contributed by atoms with Gasteiger partial charge in [0.2, 0.25) is 0 Å². The summed E-state index contributed by atoms with van der Waals surface area (Å²) in [5.41, 5.74) is -1.28. The Hall–Kier alpha value is -1.04. The van der Waals surface area contributed by atoms with Crippen LogP contribution >= 0.6 is 15.9 Å². The van der Waals surface area contributed by atoms with Crippen LogP contribution in [-0.4, -0.2) is 11.9 Å². The first-order valence-electron chi connectivity index (χ1n) is 6.34. The monoisotopic (exact) mass is 351 g/mol. The maximum atomic E-state index is 13.0. The van der Waals surface area contributed by atoms with Gasteiger partial charge in [0.1, 0.15) is 0 Å². The molecule has 0 fully saturated rings. The van der Waals surface area contributed by atoms with Gasteiger partial charge in [-0.25, -0.2) is 0 Å². The Morgan fingerprint density at radius 3 is 2.40 bits per heavy atom. The van der Waals surface area contributed by atoms with Crippen molar-refractivity contribution in [3.8, 4) is 0 Å². The molecule has 1 N–H and O–H groups in total. The minimum atomic E-state index is -4.56. The molecule has 0 saturated heterocycles. The number of benzene rings is 1. The summed E-state index contributed by atoms with van der Waals surface area (Å²) in [4.78, 5) is 12.1. The highest BCUT2D eigenvalue weighted by molar-refractivity contribution is 9.10. The molecule has 112 valence electrons. The molecule has 1 atom stereocenters. The molecule has 1 aromatic carbocycles. The van der Waals surface area contributed by atoms with Gasteiger partial charge in [0.15, 0.2) is 0 Å². The van der Waals surface area contributed by atoms with Gasteiger partial charge in [0, 0.05) is 10.5 Å². The first-order chi connectivity index (χ1) is 9.16. The van der Waals surface area contributed by atoms with Crippen LogP contribution in [0.2, 0.25) is 0 Å². The van der Waals surface area contributed by atoms with Gasteiger partial charge in [-0.1, -0.05) is 36.7 Å². The molecule has 0 spiro atoms. The Balaban J connectivity index is 3.10. The van der Waals surface area contributed by atoms with Crippen LogP contribution in [0.3, 0.4) is 0 Å². The molecule has 0 aliphatic carbocycles. The molecule has 0 saturated carbocycles. The van der Waals surface area contributed by atoms with Crippen molar-refractivity contribution in [3.05, 3.63) is 33.8 Å². The first kappa shape index (κ1) is 17.0. The number of halogens is 4. The van der Waals surface area contributed by atoms with Crippen LogP contribution in [0.5, 0.6) is 0 Å². The lowest BCUT2D eigenvalue weighted by Gasteiger charge is -2.22. The van der Waals surface area contributed by atoms with Gasteiger partial charge in [-0.2, -0.15) is 13.2 Å². The highest BCUT2D eigenvalue weighted by Crippen LogP contribution is 2.34. The minimum Gasteiger partial charge on any atom is -0.349 e. The summed E-state index contributed by atoms with van der Waals surface area (Å²) in [5, 5.41) is 2.66. The highest BCUT2D eigenvalue weighted by atomic mass is 79.9. The third kappa shape index (κ3) is 4.23. The van der Waals surface area contributed by atoms with E-state index in [9.17, 15) is 18.0 Å². The molecule has 6 heteroatoms. The normalized spacial score (nSPS) is 13.4. The maximum Gasteiger partial charge on any atom is 0.417 e. The zero-order chi connectivity index (χ0) is 15.5. The van der Waals surface area contributed by atoms with Crippen LogP contribution in [0, 0.1) is 5.92 Å². The largest absolute Gasteiger partial charge is 0.417 e. The summed E-state index contributed by atoms with van der Waals surface area (Å²) in [5.74, 6) is -0.529. The molecule has 1 rings (SSSR count). The van der Waals surface area contributed by atoms with E-state index in [-0.39, 0.29) is 22.0 Å². The number of carbonyl (C=O) groups excluding carboxylic acids is 1. The number of carbonyl (C=O) groups is 1. The molecule has 0 radical (unpaired) electrons. The van der Waals surface area contributed by atoms with Gasteiger partial charge < -0.3 is 5.32 Å². The molecule has 2 nitrogen and oxygen atoms in total. The van der Waals surface area contributed by atoms with Crippen LogP contribution < -0.4 is 5.32 Å². The van der Waals surface area contributed by atoms with Gasteiger partial charge in [-0.05, 0) is 30.5 Å².